The molecular formula is C38H37Cl2N3O4. The highest BCUT2D eigenvalue weighted by Crippen LogP contribution is 2.36. The number of nitrogens with zero attached hydrogens (tertiary/aromatic N) is 3. The van der Waals surface area contributed by atoms with Crippen LogP contribution >= 0.6 is 23.2 Å². The second-order valence-electron chi connectivity index (χ2n) is 11.3. The van der Waals surface area contributed by atoms with Gasteiger partial charge in [0.05, 0.1) is 30.8 Å². The zero-order valence-electron chi connectivity index (χ0n) is 27.1. The zero-order chi connectivity index (χ0) is 33.7. The Balaban J connectivity index is 1.63. The van der Waals surface area contributed by atoms with Gasteiger partial charge in [0.25, 0.3) is 5.56 Å². The summed E-state index contributed by atoms with van der Waals surface area (Å²) >= 11 is 12.5. The summed E-state index contributed by atoms with van der Waals surface area (Å²) in [7, 11) is 1.66. The predicted octanol–water partition coefficient (Wildman–Crippen LogP) is 9.40. The van der Waals surface area contributed by atoms with Gasteiger partial charge in [-0.3, -0.25) is 4.79 Å². The van der Waals surface area contributed by atoms with E-state index in [-0.39, 0.29) is 18.1 Å². The van der Waals surface area contributed by atoms with Crippen LogP contribution in [0.2, 0.25) is 10.0 Å². The molecule has 0 saturated carbocycles. The van der Waals surface area contributed by atoms with Gasteiger partial charge in [-0.05, 0) is 91.4 Å². The molecule has 0 atom stereocenters. The van der Waals surface area contributed by atoms with Crippen LogP contribution in [0.1, 0.15) is 54.5 Å². The fourth-order valence-electron chi connectivity index (χ4n) is 5.38. The maximum atomic E-state index is 14.0. The van der Waals surface area contributed by atoms with E-state index in [0.29, 0.717) is 56.9 Å². The summed E-state index contributed by atoms with van der Waals surface area (Å²) in [5.41, 5.74) is 5.37. The Morgan fingerprint density at radius 1 is 1.00 bits per heavy atom. The van der Waals surface area contributed by atoms with E-state index in [9.17, 15) is 4.79 Å². The quantitative estimate of drug-likeness (QED) is 0.0977. The summed E-state index contributed by atoms with van der Waals surface area (Å²) in [6.45, 7) is 12.7. The van der Waals surface area contributed by atoms with Crippen LogP contribution in [0.3, 0.4) is 0 Å². The molecule has 4 aromatic carbocycles. The second kappa shape index (κ2) is 14.9. The summed E-state index contributed by atoms with van der Waals surface area (Å²) in [6, 6.07) is 20.4. The zero-order valence-corrected chi connectivity index (χ0v) is 28.7. The topological polar surface area (TPSA) is 74.9 Å². The molecular weight excluding hydrogens is 633 g/mol. The summed E-state index contributed by atoms with van der Waals surface area (Å²) in [4.78, 5) is 18.9. The third kappa shape index (κ3) is 7.37. The van der Waals surface area contributed by atoms with Crippen molar-refractivity contribution in [2.45, 2.75) is 46.6 Å². The Bertz CT molecular complexity index is 2030. The molecule has 0 saturated heterocycles. The lowest BCUT2D eigenvalue weighted by molar-refractivity contribution is 0.267. The lowest BCUT2D eigenvalue weighted by Crippen LogP contribution is -2.21. The normalized spacial score (nSPS) is 11.4. The number of aromatic nitrogens is 2. The van der Waals surface area contributed by atoms with Crippen LogP contribution in [-0.2, 0) is 13.0 Å². The lowest BCUT2D eigenvalue weighted by atomic mass is 9.96. The molecule has 0 amide bonds. The molecule has 7 nitrogen and oxygen atoms in total. The molecule has 5 aromatic rings. The van der Waals surface area contributed by atoms with Crippen LogP contribution in [0.5, 0.6) is 17.2 Å². The number of hydrogen-bond donors (Lipinski definition) is 0. The van der Waals surface area contributed by atoms with Gasteiger partial charge in [-0.15, -0.1) is 6.58 Å². The average molecular weight is 671 g/mol. The third-order valence-electron chi connectivity index (χ3n) is 7.72. The van der Waals surface area contributed by atoms with Crippen molar-refractivity contribution in [3.8, 4) is 28.6 Å². The van der Waals surface area contributed by atoms with Crippen LogP contribution < -0.4 is 19.8 Å². The van der Waals surface area contributed by atoms with E-state index in [2.05, 4.69) is 20.4 Å². The van der Waals surface area contributed by atoms with Crippen molar-refractivity contribution in [2.75, 3.05) is 13.7 Å². The molecule has 0 unspecified atom stereocenters. The molecule has 0 aliphatic rings. The summed E-state index contributed by atoms with van der Waals surface area (Å²) < 4.78 is 19.4. The van der Waals surface area contributed by atoms with Crippen LogP contribution in [0, 0.1) is 6.92 Å². The number of benzene rings is 4. The second-order valence-corrected chi connectivity index (χ2v) is 12.2. The minimum absolute atomic E-state index is 0.185. The van der Waals surface area contributed by atoms with E-state index in [4.69, 9.17) is 47.5 Å². The number of ether oxygens (including phenoxy) is 3. The first-order chi connectivity index (χ1) is 22.6. The molecule has 1 aromatic heterocycles. The van der Waals surface area contributed by atoms with Gasteiger partial charge in [-0.1, -0.05) is 61.3 Å². The Hall–Kier alpha value is -4.59. The van der Waals surface area contributed by atoms with Crippen LogP contribution in [0.25, 0.3) is 22.3 Å². The van der Waals surface area contributed by atoms with E-state index < -0.39 is 0 Å². The smallest absolute Gasteiger partial charge is 0.282 e. The van der Waals surface area contributed by atoms with Crippen molar-refractivity contribution in [1.82, 2.24) is 9.66 Å². The maximum absolute atomic E-state index is 14.0. The van der Waals surface area contributed by atoms with E-state index >= 15 is 0 Å². The SMILES string of the molecule is C=CCc1cc(C=Nn2c(-c3cc(C(C)C)c(OC)cc3C)nc3ccccc3c2=O)cc(OCC)c1OCc1ccc(Cl)cc1Cl. The Labute approximate surface area is 285 Å². The van der Waals surface area contributed by atoms with Crippen molar-refractivity contribution < 1.29 is 14.2 Å². The summed E-state index contributed by atoms with van der Waals surface area (Å²) in [5, 5.41) is 6.28. The number of rotatable bonds is 12. The molecule has 0 spiro atoms. The molecule has 0 fully saturated rings. The van der Waals surface area contributed by atoms with E-state index in [0.717, 1.165) is 33.6 Å². The van der Waals surface area contributed by atoms with E-state index in [1.807, 2.05) is 62.4 Å². The fraction of sp³-hybridized carbons (Fsp3) is 0.237. The molecule has 0 aliphatic heterocycles. The molecule has 0 bridgehead atoms. The molecule has 9 heteroatoms. The summed E-state index contributed by atoms with van der Waals surface area (Å²) in [6.07, 6.45) is 3.94. The van der Waals surface area contributed by atoms with Gasteiger partial charge in [-0.25, -0.2) is 4.98 Å². The number of halogens is 2. The Morgan fingerprint density at radius 3 is 2.49 bits per heavy atom. The lowest BCUT2D eigenvalue weighted by Gasteiger charge is -2.18. The number of hydrogen-bond acceptors (Lipinski definition) is 6. The first-order valence-electron chi connectivity index (χ1n) is 15.4. The molecule has 5 rings (SSSR count). The monoisotopic (exact) mass is 669 g/mol. The van der Waals surface area contributed by atoms with Gasteiger partial charge in [-0.2, -0.15) is 9.78 Å². The number of aryl methyl sites for hydroxylation is 1. The van der Waals surface area contributed by atoms with E-state index in [1.165, 1.54) is 4.68 Å². The van der Waals surface area contributed by atoms with E-state index in [1.54, 1.807) is 37.6 Å². The Kier molecular flexibility index (Phi) is 10.7. The number of fused-ring (bicyclic) bond motifs is 1. The minimum Gasteiger partial charge on any atom is -0.496 e. The highest BCUT2D eigenvalue weighted by Gasteiger charge is 2.19. The fourth-order valence-corrected chi connectivity index (χ4v) is 5.84. The van der Waals surface area contributed by atoms with Gasteiger partial charge in [0, 0.05) is 26.7 Å². The number of para-hydroxylation sites is 1. The van der Waals surface area contributed by atoms with Crippen molar-refractivity contribution >= 4 is 40.3 Å². The molecule has 0 N–H and O–H groups in total. The maximum Gasteiger partial charge on any atom is 0.282 e. The van der Waals surface area contributed by atoms with Crippen LogP contribution in [0.4, 0.5) is 0 Å². The van der Waals surface area contributed by atoms with Crippen LogP contribution in [-0.4, -0.2) is 29.6 Å². The molecule has 1 heterocycles. The van der Waals surface area contributed by atoms with Gasteiger partial charge >= 0.3 is 0 Å². The number of methoxy groups -OCH3 is 1. The van der Waals surface area contributed by atoms with Crippen LogP contribution in [0.15, 0.2) is 89.3 Å². The number of allylic oxidation sites excluding steroid dienone is 1. The molecule has 0 radical (unpaired) electrons. The Morgan fingerprint density at radius 2 is 1.79 bits per heavy atom. The van der Waals surface area contributed by atoms with Gasteiger partial charge in [0.2, 0.25) is 0 Å². The van der Waals surface area contributed by atoms with Crippen molar-refractivity contribution in [3.05, 3.63) is 128 Å². The highest BCUT2D eigenvalue weighted by molar-refractivity contribution is 6.35. The van der Waals surface area contributed by atoms with Crippen molar-refractivity contribution in [3.63, 3.8) is 0 Å². The highest BCUT2D eigenvalue weighted by atomic mass is 35.5. The summed E-state index contributed by atoms with van der Waals surface area (Å²) in [5.74, 6) is 2.52. The van der Waals surface area contributed by atoms with Gasteiger partial charge in [0.1, 0.15) is 12.4 Å². The third-order valence-corrected chi connectivity index (χ3v) is 8.31. The predicted molar refractivity (Wildman–Crippen MR) is 192 cm³/mol. The minimum atomic E-state index is -0.278. The average Bonchev–Trinajstić information content (AvgIpc) is 3.04. The standard InChI is InChI=1S/C38H37Cl2N3O4/c1-7-11-26-17-25(18-35(46-8-2)36(26)47-22-27-14-15-28(39)19-32(27)40)21-41-43-37(42-33-13-10-9-12-29(33)38(43)44)31-20-30(23(3)4)34(45-6)16-24(31)5/h7,9-10,12-21,23H,1,8,11,22H2,2-6H3. The molecule has 47 heavy (non-hydrogen) atoms. The molecule has 242 valence electrons. The first-order valence-corrected chi connectivity index (χ1v) is 16.1. The first kappa shape index (κ1) is 33.8. The van der Waals surface area contributed by atoms with Crippen molar-refractivity contribution in [1.29, 1.82) is 0 Å². The largest absolute Gasteiger partial charge is 0.496 e. The van der Waals surface area contributed by atoms with Gasteiger partial charge in [0.15, 0.2) is 17.3 Å². The molecule has 0 aliphatic carbocycles. The van der Waals surface area contributed by atoms with Gasteiger partial charge < -0.3 is 14.2 Å². The van der Waals surface area contributed by atoms with Crippen molar-refractivity contribution in [2.24, 2.45) is 5.10 Å².